The van der Waals surface area contributed by atoms with E-state index in [4.69, 9.17) is 18.0 Å². The third-order valence-electron chi connectivity index (χ3n) is 3.48. The van der Waals surface area contributed by atoms with Crippen LogP contribution in [-0.4, -0.2) is 41.5 Å². The zero-order chi connectivity index (χ0) is 15.5. The summed E-state index contributed by atoms with van der Waals surface area (Å²) in [6.45, 7) is 0.629. The summed E-state index contributed by atoms with van der Waals surface area (Å²) in [5, 5.41) is 2.66. The number of thiocarbonyl (C=S) groups is 1. The summed E-state index contributed by atoms with van der Waals surface area (Å²) >= 11 is 4.93. The fourth-order valence-electron chi connectivity index (χ4n) is 2.31. The van der Waals surface area contributed by atoms with Crippen LogP contribution < -0.4 is 11.1 Å². The molecule has 0 saturated carbocycles. The highest BCUT2D eigenvalue weighted by Crippen LogP contribution is 2.32. The van der Waals surface area contributed by atoms with E-state index >= 15 is 0 Å². The molecule has 0 bridgehead atoms. The van der Waals surface area contributed by atoms with Crippen LogP contribution in [0, 0.1) is 11.8 Å². The second kappa shape index (κ2) is 6.55. The average Bonchev–Trinajstić information content (AvgIpc) is 2.46. The van der Waals surface area contributed by atoms with Crippen molar-refractivity contribution in [2.45, 2.75) is 32.0 Å². The minimum Gasteiger partial charge on any atom is -0.369 e. The molecule has 3 atom stereocenters. The molecule has 0 spiro atoms. The van der Waals surface area contributed by atoms with Crippen molar-refractivity contribution < 1.29 is 22.4 Å². The van der Waals surface area contributed by atoms with Crippen molar-refractivity contribution in [3.8, 4) is 0 Å². The van der Waals surface area contributed by atoms with E-state index in [1.54, 1.807) is 0 Å². The van der Waals surface area contributed by atoms with Crippen LogP contribution in [-0.2, 0) is 4.79 Å². The molecule has 3 N–H and O–H groups in total. The van der Waals surface area contributed by atoms with Gasteiger partial charge >= 0.3 is 6.18 Å². The maximum atomic E-state index is 12.7. The van der Waals surface area contributed by atoms with Crippen molar-refractivity contribution in [2.24, 2.45) is 17.6 Å². The highest BCUT2D eigenvalue weighted by Gasteiger charge is 2.40. The number of nitrogens with one attached hydrogen (secondary N) is 1. The van der Waals surface area contributed by atoms with Gasteiger partial charge in [-0.15, -0.1) is 0 Å². The minimum absolute atomic E-state index is 0.00951. The molecule has 1 rings (SSSR count). The van der Waals surface area contributed by atoms with Gasteiger partial charge in [0.2, 0.25) is 5.91 Å². The number of carbonyl (C=O) groups excluding carboxylic acids is 1. The monoisotopic (exact) mass is 315 g/mol. The van der Waals surface area contributed by atoms with Crippen LogP contribution in [0.1, 0.15) is 19.8 Å². The van der Waals surface area contributed by atoms with E-state index in [-0.39, 0.29) is 18.1 Å². The number of rotatable bonds is 4. The first-order valence-corrected chi connectivity index (χ1v) is 6.54. The molecule has 0 aliphatic carbocycles. The van der Waals surface area contributed by atoms with Gasteiger partial charge in [-0.25, -0.2) is 4.39 Å². The summed E-state index contributed by atoms with van der Waals surface area (Å²) in [4.78, 5) is 12.4. The maximum Gasteiger partial charge on any atom is 0.389 e. The zero-order valence-electron chi connectivity index (χ0n) is 10.9. The van der Waals surface area contributed by atoms with Crippen LogP contribution in [0.25, 0.3) is 0 Å². The van der Waals surface area contributed by atoms with Gasteiger partial charge in [0.1, 0.15) is 0 Å². The minimum atomic E-state index is -4.37. The maximum absolute atomic E-state index is 12.7. The Morgan fingerprint density at radius 1 is 1.60 bits per heavy atom. The van der Waals surface area contributed by atoms with Gasteiger partial charge in [-0.2, -0.15) is 13.2 Å². The molecule has 1 amide bonds. The van der Waals surface area contributed by atoms with Gasteiger partial charge in [0.25, 0.3) is 0 Å². The zero-order valence-corrected chi connectivity index (χ0v) is 11.7. The SMILES string of the molecule is C[C@H](C(N)=O)C1NC(=S)N(CF)CCC1CC(F)(F)F. The number of nitrogens with zero attached hydrogens (tertiary/aromatic N) is 1. The second-order valence-corrected chi connectivity index (χ2v) is 5.30. The molecule has 1 saturated heterocycles. The van der Waals surface area contributed by atoms with Crippen molar-refractivity contribution in [3.63, 3.8) is 0 Å². The van der Waals surface area contributed by atoms with Crippen molar-refractivity contribution in [1.29, 1.82) is 0 Å². The van der Waals surface area contributed by atoms with Crippen molar-refractivity contribution in [1.82, 2.24) is 10.2 Å². The number of amides is 1. The summed E-state index contributed by atoms with van der Waals surface area (Å²) in [5.41, 5.74) is 5.17. The molecule has 2 unspecified atom stereocenters. The summed E-state index contributed by atoms with van der Waals surface area (Å²) in [6.07, 6.45) is -5.35. The molecule has 0 aromatic carbocycles. The van der Waals surface area contributed by atoms with Crippen LogP contribution in [0.15, 0.2) is 0 Å². The largest absolute Gasteiger partial charge is 0.389 e. The number of halogens is 4. The molecule has 116 valence electrons. The number of carbonyl (C=O) groups is 1. The van der Waals surface area contributed by atoms with Crippen LogP contribution in [0.2, 0.25) is 0 Å². The van der Waals surface area contributed by atoms with Crippen molar-refractivity contribution >= 4 is 23.2 Å². The lowest BCUT2D eigenvalue weighted by atomic mass is 9.84. The third-order valence-corrected chi connectivity index (χ3v) is 3.86. The Morgan fingerprint density at radius 2 is 2.20 bits per heavy atom. The smallest absolute Gasteiger partial charge is 0.369 e. The van der Waals surface area contributed by atoms with E-state index in [0.29, 0.717) is 0 Å². The average molecular weight is 315 g/mol. The summed E-state index contributed by atoms with van der Waals surface area (Å²) < 4.78 is 50.6. The Bertz CT molecular complexity index is 377. The highest BCUT2D eigenvalue weighted by molar-refractivity contribution is 7.80. The lowest BCUT2D eigenvalue weighted by Gasteiger charge is -2.30. The highest BCUT2D eigenvalue weighted by atomic mass is 32.1. The number of hydrogen-bond acceptors (Lipinski definition) is 2. The molecule has 9 heteroatoms. The number of alkyl halides is 4. The van der Waals surface area contributed by atoms with Crippen molar-refractivity contribution in [2.75, 3.05) is 13.3 Å². The summed E-state index contributed by atoms with van der Waals surface area (Å²) in [6, 6.07) is -0.849. The predicted molar refractivity (Wildman–Crippen MR) is 69.3 cm³/mol. The van der Waals surface area contributed by atoms with Gasteiger partial charge in [0.05, 0.1) is 5.92 Å². The van der Waals surface area contributed by atoms with Gasteiger partial charge in [-0.3, -0.25) is 4.79 Å². The van der Waals surface area contributed by atoms with Gasteiger partial charge in [-0.1, -0.05) is 6.92 Å². The third kappa shape index (κ3) is 4.46. The molecule has 1 aliphatic rings. The van der Waals surface area contributed by atoms with Crippen LogP contribution in [0.4, 0.5) is 17.6 Å². The van der Waals surface area contributed by atoms with E-state index in [9.17, 15) is 22.4 Å². The Labute approximate surface area is 119 Å². The Morgan fingerprint density at radius 3 is 2.65 bits per heavy atom. The van der Waals surface area contributed by atoms with E-state index in [0.717, 1.165) is 4.90 Å². The first-order chi connectivity index (χ1) is 9.15. The molecule has 1 heterocycles. The lowest BCUT2D eigenvalue weighted by molar-refractivity contribution is -0.149. The number of hydrogen-bond donors (Lipinski definition) is 2. The van der Waals surface area contributed by atoms with Gasteiger partial charge < -0.3 is 16.0 Å². The summed E-state index contributed by atoms with van der Waals surface area (Å²) in [7, 11) is 0. The molecule has 0 radical (unpaired) electrons. The predicted octanol–water partition coefficient (Wildman–Crippen LogP) is 1.55. The fourth-order valence-corrected chi connectivity index (χ4v) is 2.58. The topological polar surface area (TPSA) is 58.4 Å². The second-order valence-electron chi connectivity index (χ2n) is 4.92. The fraction of sp³-hybridized carbons (Fsp3) is 0.818. The Hall–Kier alpha value is -1.12. The van der Waals surface area contributed by atoms with Crippen LogP contribution in [0.3, 0.4) is 0 Å². The molecule has 1 aliphatic heterocycles. The van der Waals surface area contributed by atoms with E-state index < -0.39 is 43.2 Å². The van der Waals surface area contributed by atoms with Crippen molar-refractivity contribution in [3.05, 3.63) is 0 Å². The van der Waals surface area contributed by atoms with E-state index in [2.05, 4.69) is 5.32 Å². The van der Waals surface area contributed by atoms with Crippen LogP contribution >= 0.6 is 12.2 Å². The molecule has 1 fully saturated rings. The van der Waals surface area contributed by atoms with Gasteiger partial charge in [0, 0.05) is 19.0 Å². The number of nitrogens with two attached hydrogens (primary N) is 1. The summed E-state index contributed by atoms with van der Waals surface area (Å²) in [5.74, 6) is -2.43. The van der Waals surface area contributed by atoms with Crippen LogP contribution in [0.5, 0.6) is 0 Å². The van der Waals surface area contributed by atoms with Gasteiger partial charge in [-0.05, 0) is 24.6 Å². The normalized spacial score (nSPS) is 25.9. The quantitative estimate of drug-likeness (QED) is 0.469. The molecule has 20 heavy (non-hydrogen) atoms. The molecular formula is C11H17F4N3OS. The Kier molecular flexibility index (Phi) is 5.55. The molecular weight excluding hydrogens is 298 g/mol. The number of primary amides is 1. The standard InChI is InChI=1S/C11H17F4N3OS/c1-6(9(16)19)8-7(4-11(13,14)15)2-3-18(5-12)10(20)17-8/h6-8H,2-5H2,1H3,(H2,16,19)(H,17,20)/t6-,7?,8?/m0/s1. The van der Waals surface area contributed by atoms with Gasteiger partial charge in [0.15, 0.2) is 11.9 Å². The Balaban J connectivity index is 2.96. The van der Waals surface area contributed by atoms with E-state index in [1.807, 2.05) is 0 Å². The van der Waals surface area contributed by atoms with E-state index in [1.165, 1.54) is 6.92 Å². The molecule has 0 aromatic rings. The first kappa shape index (κ1) is 16.9. The first-order valence-electron chi connectivity index (χ1n) is 6.13. The molecule has 0 aromatic heterocycles. The molecule has 4 nitrogen and oxygen atoms in total. The lowest BCUT2D eigenvalue weighted by Crippen LogP contribution is -2.50.